The smallest absolute Gasteiger partial charge is 0.410 e. The van der Waals surface area contributed by atoms with Crippen LogP contribution in [-0.2, 0) is 44.6 Å². The van der Waals surface area contributed by atoms with Crippen LogP contribution in [-0.4, -0.2) is 135 Å². The Morgan fingerprint density at radius 3 is 2.45 bits per heavy atom. The lowest BCUT2D eigenvalue weighted by atomic mass is 9.79. The number of pyridine rings is 1. The van der Waals surface area contributed by atoms with Gasteiger partial charge in [-0.15, -0.1) is 0 Å². The Labute approximate surface area is 330 Å². The number of carbonyl (C=O) groups excluding carboxylic acids is 4. The number of hydrogen-bond acceptors (Lipinski definition) is 13. The summed E-state index contributed by atoms with van der Waals surface area (Å²) in [5.74, 6) is -3.19. The van der Waals surface area contributed by atoms with E-state index in [1.807, 2.05) is 55.7 Å². The van der Waals surface area contributed by atoms with Crippen LogP contribution < -0.4 is 0 Å². The summed E-state index contributed by atoms with van der Waals surface area (Å²) < 4.78 is 32.7. The number of rotatable bonds is 11. The first-order chi connectivity index (χ1) is 26.5. The molecule has 5 heterocycles. The summed E-state index contributed by atoms with van der Waals surface area (Å²) in [6.45, 7) is 11.4. The number of esters is 1. The number of aromatic nitrogens is 3. The maximum Gasteiger partial charge on any atom is 0.410 e. The number of unbranched alkanes of at least 4 members (excludes halogenated alkanes) is 1. The number of imidazole rings is 1. The minimum Gasteiger partial charge on any atom is -0.458 e. The molecule has 0 radical (unpaired) electrons. The molecule has 5 rings (SSSR count). The highest BCUT2D eigenvalue weighted by Crippen LogP contribution is 2.40. The van der Waals surface area contributed by atoms with Crippen molar-refractivity contribution in [3.05, 3.63) is 37.1 Å². The molecule has 15 nitrogen and oxygen atoms in total. The van der Waals surface area contributed by atoms with Gasteiger partial charge in [-0.1, -0.05) is 13.8 Å². The van der Waals surface area contributed by atoms with Gasteiger partial charge in [-0.05, 0) is 86.0 Å². The van der Waals surface area contributed by atoms with Crippen LogP contribution in [0.4, 0.5) is 4.79 Å². The first-order valence-electron chi connectivity index (χ1n) is 19.9. The maximum absolute atomic E-state index is 14.3. The van der Waals surface area contributed by atoms with E-state index >= 15 is 0 Å². The van der Waals surface area contributed by atoms with Crippen LogP contribution in [0.15, 0.2) is 37.1 Å². The Morgan fingerprint density at radius 2 is 1.79 bits per heavy atom. The van der Waals surface area contributed by atoms with Crippen molar-refractivity contribution in [1.29, 1.82) is 0 Å². The van der Waals surface area contributed by atoms with Crippen LogP contribution in [0.3, 0.4) is 0 Å². The highest BCUT2D eigenvalue weighted by Gasteiger charge is 2.57. The zero-order chi connectivity index (χ0) is 40.9. The molecule has 0 spiro atoms. The minimum atomic E-state index is -1.36. The summed E-state index contributed by atoms with van der Waals surface area (Å²) in [7, 11) is 5.22. The van der Waals surface area contributed by atoms with E-state index in [0.29, 0.717) is 32.4 Å². The monoisotopic (exact) mass is 783 g/mol. The van der Waals surface area contributed by atoms with Crippen molar-refractivity contribution >= 4 is 23.6 Å². The molecule has 0 bridgehead atoms. The molecule has 1 amide bonds. The van der Waals surface area contributed by atoms with Gasteiger partial charge in [-0.2, -0.15) is 0 Å². The molecule has 3 aliphatic rings. The summed E-state index contributed by atoms with van der Waals surface area (Å²) in [6.07, 6.45) is 4.30. The van der Waals surface area contributed by atoms with Gasteiger partial charge in [0, 0.05) is 69.2 Å². The van der Waals surface area contributed by atoms with Crippen LogP contribution >= 0.6 is 0 Å². The van der Waals surface area contributed by atoms with Gasteiger partial charge in [0.2, 0.25) is 0 Å². The first kappa shape index (κ1) is 43.4. The summed E-state index contributed by atoms with van der Waals surface area (Å²) >= 11 is 0. The van der Waals surface area contributed by atoms with E-state index in [1.54, 1.807) is 44.4 Å². The highest BCUT2D eigenvalue weighted by atomic mass is 16.7. The molecule has 0 aliphatic carbocycles. The molecule has 0 aromatic carbocycles. The molecule has 310 valence electrons. The standard InChI is InChI=1S/C41H61N5O10/c1-10-34-41(6)33(46(39(51)56-41)17-12-11-16-45-23-29(43-24-45)28-14-13-15-42-22-28)19-31(47)25(2)21-40(5,52-9)35(20-32(48)27(4)37(50)54-34)55-38-36(49)30(44(7)8)18-26(3)53-38/h13-15,22-27,30,33-36,38,49H,10-12,16-21H2,1-9H3/t25-,26-,27-,30+,33-,34?,35-,36-,38+,40-,41+/m1/s1. The fourth-order valence-corrected chi connectivity index (χ4v) is 8.34. The van der Waals surface area contributed by atoms with Crippen LogP contribution in [0.1, 0.15) is 86.5 Å². The molecule has 1 unspecified atom stereocenters. The van der Waals surface area contributed by atoms with Gasteiger partial charge in [0.05, 0.1) is 35.9 Å². The molecule has 11 atom stereocenters. The van der Waals surface area contributed by atoms with Crippen molar-refractivity contribution in [1.82, 2.24) is 24.3 Å². The minimum absolute atomic E-state index is 0.0558. The van der Waals surface area contributed by atoms with E-state index in [9.17, 15) is 24.3 Å². The average molecular weight is 784 g/mol. The lowest BCUT2D eigenvalue weighted by Gasteiger charge is -2.45. The van der Waals surface area contributed by atoms with Crippen LogP contribution in [0.25, 0.3) is 11.3 Å². The fraction of sp³-hybridized carbons (Fsp3) is 0.707. The zero-order valence-electron chi connectivity index (χ0n) is 34.4. The molecular weight excluding hydrogens is 722 g/mol. The Balaban J connectivity index is 1.38. The molecule has 3 aliphatic heterocycles. The van der Waals surface area contributed by atoms with Crippen molar-refractivity contribution in [2.75, 3.05) is 27.7 Å². The van der Waals surface area contributed by atoms with Crippen LogP contribution in [0, 0.1) is 11.8 Å². The summed E-state index contributed by atoms with van der Waals surface area (Å²) in [4.78, 5) is 67.8. The molecule has 2 aromatic heterocycles. The van der Waals surface area contributed by atoms with E-state index in [-0.39, 0.29) is 43.6 Å². The van der Waals surface area contributed by atoms with Crippen LogP contribution in [0.2, 0.25) is 0 Å². The molecule has 3 fully saturated rings. The number of likely N-dealkylation sites (N-methyl/N-ethyl adjacent to an activating group) is 1. The highest BCUT2D eigenvalue weighted by molar-refractivity contribution is 5.99. The third kappa shape index (κ3) is 9.50. The van der Waals surface area contributed by atoms with Gasteiger partial charge in [-0.25, -0.2) is 9.78 Å². The number of aliphatic hydroxyl groups excluding tert-OH is 1. The van der Waals surface area contributed by atoms with Gasteiger partial charge in [0.1, 0.15) is 29.7 Å². The Morgan fingerprint density at radius 1 is 1.05 bits per heavy atom. The van der Waals surface area contributed by atoms with Crippen LogP contribution in [0.5, 0.6) is 0 Å². The van der Waals surface area contributed by atoms with Gasteiger partial charge in [0.25, 0.3) is 0 Å². The maximum atomic E-state index is 14.3. The van der Waals surface area contributed by atoms with E-state index in [2.05, 4.69) is 9.97 Å². The molecule has 15 heteroatoms. The predicted molar refractivity (Wildman–Crippen MR) is 205 cm³/mol. The number of nitrogens with zero attached hydrogens (tertiary/aromatic N) is 5. The summed E-state index contributed by atoms with van der Waals surface area (Å²) in [5.41, 5.74) is -0.856. The summed E-state index contributed by atoms with van der Waals surface area (Å²) in [6, 6.07) is 2.79. The number of aryl methyl sites for hydroxylation is 1. The Kier molecular flexibility index (Phi) is 14.1. The second-order valence-corrected chi connectivity index (χ2v) is 16.4. The van der Waals surface area contributed by atoms with E-state index in [1.165, 1.54) is 14.0 Å². The Hall–Kier alpha value is -3.76. The van der Waals surface area contributed by atoms with Gasteiger partial charge in [0.15, 0.2) is 11.9 Å². The number of Topliss-reactive ketones (excluding diaryl/α,β-unsaturated/α-hetero) is 2. The molecule has 3 saturated heterocycles. The number of ketones is 2. The number of cyclic esters (lactones) is 1. The number of methoxy groups -OCH3 is 1. The Bertz CT molecular complexity index is 1670. The van der Waals surface area contributed by atoms with Crippen molar-refractivity contribution in [2.45, 2.75) is 147 Å². The number of fused-ring (bicyclic) bond motifs is 1. The average Bonchev–Trinajstić information content (AvgIpc) is 3.74. The first-order valence-corrected chi connectivity index (χ1v) is 19.9. The van der Waals surface area contributed by atoms with Gasteiger partial charge < -0.3 is 43.2 Å². The van der Waals surface area contributed by atoms with E-state index in [0.717, 1.165) is 11.3 Å². The summed E-state index contributed by atoms with van der Waals surface area (Å²) in [5, 5.41) is 11.3. The molecule has 1 N–H and O–H groups in total. The number of amides is 1. The number of aliphatic hydroxyl groups is 1. The number of ether oxygens (including phenoxy) is 5. The lowest BCUT2D eigenvalue weighted by molar-refractivity contribution is -0.289. The zero-order valence-corrected chi connectivity index (χ0v) is 34.4. The largest absolute Gasteiger partial charge is 0.458 e. The number of carbonyl (C=O) groups is 4. The molecule has 2 aromatic rings. The van der Waals surface area contributed by atoms with Crippen molar-refractivity contribution < 1.29 is 48.0 Å². The van der Waals surface area contributed by atoms with E-state index in [4.69, 9.17) is 23.7 Å². The third-order valence-corrected chi connectivity index (χ3v) is 12.1. The third-order valence-electron chi connectivity index (χ3n) is 12.1. The van der Waals surface area contributed by atoms with Gasteiger partial charge in [-0.3, -0.25) is 19.4 Å². The van der Waals surface area contributed by atoms with E-state index < -0.39 is 71.5 Å². The number of hydrogen-bond donors (Lipinski definition) is 1. The second kappa shape index (κ2) is 18.2. The normalized spacial score (nSPS) is 34.9. The van der Waals surface area contributed by atoms with Crippen molar-refractivity contribution in [3.8, 4) is 11.3 Å². The quantitative estimate of drug-likeness (QED) is 0.193. The van der Waals surface area contributed by atoms with Crippen molar-refractivity contribution in [3.63, 3.8) is 0 Å². The topological polar surface area (TPSA) is 172 Å². The van der Waals surface area contributed by atoms with Gasteiger partial charge >= 0.3 is 12.1 Å². The van der Waals surface area contributed by atoms with Crippen molar-refractivity contribution in [2.24, 2.45) is 11.8 Å². The second-order valence-electron chi connectivity index (χ2n) is 16.4. The molecule has 56 heavy (non-hydrogen) atoms. The lowest BCUT2D eigenvalue weighted by Crippen LogP contribution is -2.58. The fourth-order valence-electron chi connectivity index (χ4n) is 8.34. The molecule has 0 saturated carbocycles. The molecular formula is C41H61N5O10. The SMILES string of the molecule is CCC1OC(=O)[C@H](C)C(=O)C[C@@H](O[C@@H]2O[C@H](C)C[C@H](N(C)C)[C@H]2O)[C@](C)(OC)C[C@@H](C)C(=O)C[C@H]2N(CCCCn3cnc(-c4cccnc4)c3)C(=O)O[C@]12C. The predicted octanol–water partition coefficient (Wildman–Crippen LogP) is 4.44.